The van der Waals surface area contributed by atoms with Crippen molar-refractivity contribution in [3.05, 3.63) is 48.0 Å². The van der Waals surface area contributed by atoms with Gasteiger partial charge in [-0.2, -0.15) is 0 Å². The van der Waals surface area contributed by atoms with Crippen molar-refractivity contribution in [2.45, 2.75) is 19.8 Å². The Kier molecular flexibility index (Phi) is 6.77. The van der Waals surface area contributed by atoms with Crippen LogP contribution in [0.15, 0.2) is 42.5 Å². The maximum atomic E-state index is 11.1. The Morgan fingerprint density at radius 2 is 1.92 bits per heavy atom. The summed E-state index contributed by atoms with van der Waals surface area (Å²) in [6.45, 7) is 2.75. The number of unbranched alkanes of at least 4 members (excludes halogenated alkanes) is 1. The number of ether oxygens (including phenoxy) is 1. The van der Waals surface area contributed by atoms with Crippen LogP contribution in [-0.2, 0) is 11.3 Å². The van der Waals surface area contributed by atoms with E-state index >= 15 is 0 Å². The third kappa shape index (κ3) is 5.07. The predicted molar refractivity (Wildman–Crippen MR) is 94.3 cm³/mol. The molecule has 0 aromatic heterocycles. The number of hydrogen-bond acceptors (Lipinski definition) is 5. The van der Waals surface area contributed by atoms with Crippen LogP contribution in [0.4, 0.5) is 11.4 Å². The van der Waals surface area contributed by atoms with E-state index < -0.39 is 11.3 Å². The fourth-order valence-electron chi connectivity index (χ4n) is 2.13. The zero-order chi connectivity index (χ0) is 17.4. The van der Waals surface area contributed by atoms with Crippen molar-refractivity contribution < 1.29 is 18.3 Å². The zero-order valence-corrected chi connectivity index (χ0v) is 14.1. The van der Waals surface area contributed by atoms with Gasteiger partial charge in [0.05, 0.1) is 11.4 Å². The zero-order valence-electron chi connectivity index (χ0n) is 13.3. The van der Waals surface area contributed by atoms with Gasteiger partial charge in [-0.15, -0.1) is 0 Å². The van der Waals surface area contributed by atoms with Crippen molar-refractivity contribution in [2.24, 2.45) is 0 Å². The Morgan fingerprint density at radius 1 is 1.21 bits per heavy atom. The third-order valence-corrected chi connectivity index (χ3v) is 3.64. The first kappa shape index (κ1) is 18.0. The Balaban J connectivity index is 2.43. The molecule has 0 spiro atoms. The SMILES string of the molecule is CCCCNc1cc(C=O)cc(NS(=O)[O-])c1Oc1ccccc1. The largest absolute Gasteiger partial charge is 0.755 e. The van der Waals surface area contributed by atoms with E-state index in [1.54, 1.807) is 18.2 Å². The second kappa shape index (κ2) is 9.05. The molecule has 0 heterocycles. The van der Waals surface area contributed by atoms with E-state index in [0.29, 0.717) is 35.6 Å². The Labute approximate surface area is 143 Å². The van der Waals surface area contributed by atoms with Gasteiger partial charge in [0.25, 0.3) is 0 Å². The number of para-hydroxylation sites is 1. The number of rotatable bonds is 9. The van der Waals surface area contributed by atoms with Gasteiger partial charge in [-0.05, 0) is 30.7 Å². The van der Waals surface area contributed by atoms with Crippen LogP contribution in [0.1, 0.15) is 30.1 Å². The molecular formula is C17H19N2O4S-. The minimum absolute atomic E-state index is 0.204. The minimum Gasteiger partial charge on any atom is -0.755 e. The van der Waals surface area contributed by atoms with Crippen LogP contribution >= 0.6 is 0 Å². The van der Waals surface area contributed by atoms with E-state index in [2.05, 4.69) is 17.0 Å². The number of aldehydes is 1. The van der Waals surface area contributed by atoms with E-state index in [1.165, 1.54) is 6.07 Å². The molecule has 0 fully saturated rings. The molecule has 0 aliphatic rings. The van der Waals surface area contributed by atoms with Crippen LogP contribution < -0.4 is 14.8 Å². The average Bonchev–Trinajstić information content (AvgIpc) is 2.57. The number of hydrogen-bond donors (Lipinski definition) is 2. The number of carbonyl (C=O) groups is 1. The third-order valence-electron chi connectivity index (χ3n) is 3.25. The molecule has 0 amide bonds. The van der Waals surface area contributed by atoms with Gasteiger partial charge in [-0.1, -0.05) is 31.5 Å². The summed E-state index contributed by atoms with van der Waals surface area (Å²) in [5.41, 5.74) is 1.11. The summed E-state index contributed by atoms with van der Waals surface area (Å²) in [6.07, 6.45) is 2.60. The predicted octanol–water partition coefficient (Wildman–Crippen LogP) is 3.71. The van der Waals surface area contributed by atoms with Crippen molar-refractivity contribution in [1.29, 1.82) is 0 Å². The lowest BCUT2D eigenvalue weighted by molar-refractivity contribution is 0.112. The summed E-state index contributed by atoms with van der Waals surface area (Å²) in [6, 6.07) is 12.1. The molecule has 0 saturated heterocycles. The molecule has 2 aromatic carbocycles. The fraction of sp³-hybridized carbons (Fsp3) is 0.235. The highest BCUT2D eigenvalue weighted by atomic mass is 32.2. The molecule has 1 atom stereocenters. The Bertz CT molecular complexity index is 707. The first-order valence-electron chi connectivity index (χ1n) is 7.60. The molecule has 0 radical (unpaired) electrons. The van der Waals surface area contributed by atoms with Crippen LogP contribution in [0, 0.1) is 0 Å². The first-order valence-corrected chi connectivity index (χ1v) is 8.67. The molecule has 2 N–H and O–H groups in total. The van der Waals surface area contributed by atoms with Crippen molar-refractivity contribution in [3.8, 4) is 11.5 Å². The number of carbonyl (C=O) groups excluding carboxylic acids is 1. The van der Waals surface area contributed by atoms with Gasteiger partial charge >= 0.3 is 0 Å². The van der Waals surface area contributed by atoms with Gasteiger partial charge in [-0.3, -0.25) is 9.00 Å². The molecule has 6 nitrogen and oxygen atoms in total. The fourth-order valence-corrected chi connectivity index (χ4v) is 2.46. The minimum atomic E-state index is -2.53. The van der Waals surface area contributed by atoms with E-state index in [-0.39, 0.29) is 5.69 Å². The molecule has 1 unspecified atom stereocenters. The number of benzene rings is 2. The molecule has 0 bridgehead atoms. The van der Waals surface area contributed by atoms with E-state index in [9.17, 15) is 13.6 Å². The van der Waals surface area contributed by atoms with Gasteiger partial charge in [0, 0.05) is 23.4 Å². The summed E-state index contributed by atoms with van der Waals surface area (Å²) >= 11 is -2.53. The topological polar surface area (TPSA) is 90.5 Å². The van der Waals surface area contributed by atoms with Crippen molar-refractivity contribution in [1.82, 2.24) is 0 Å². The molecule has 0 saturated carbocycles. The normalized spacial score (nSPS) is 11.6. The number of nitrogens with one attached hydrogen (secondary N) is 2. The van der Waals surface area contributed by atoms with Gasteiger partial charge in [0.1, 0.15) is 12.0 Å². The lowest BCUT2D eigenvalue weighted by Gasteiger charge is -2.19. The van der Waals surface area contributed by atoms with E-state index in [1.807, 2.05) is 18.2 Å². The lowest BCUT2D eigenvalue weighted by Crippen LogP contribution is -2.08. The smallest absolute Gasteiger partial charge is 0.174 e. The molecule has 24 heavy (non-hydrogen) atoms. The lowest BCUT2D eigenvalue weighted by atomic mass is 10.1. The van der Waals surface area contributed by atoms with Crippen LogP contribution in [-0.4, -0.2) is 21.6 Å². The van der Waals surface area contributed by atoms with Crippen molar-refractivity contribution in [3.63, 3.8) is 0 Å². The highest BCUT2D eigenvalue weighted by Gasteiger charge is 2.14. The molecule has 0 aliphatic carbocycles. The maximum absolute atomic E-state index is 11.1. The van der Waals surface area contributed by atoms with Gasteiger partial charge < -0.3 is 19.3 Å². The molecule has 0 aliphatic heterocycles. The highest BCUT2D eigenvalue weighted by molar-refractivity contribution is 7.80. The second-order valence-electron chi connectivity index (χ2n) is 5.10. The Hall–Kier alpha value is -2.38. The van der Waals surface area contributed by atoms with Crippen LogP contribution in [0.5, 0.6) is 11.5 Å². The standard InChI is InChI=1S/C17H20N2O4S/c1-2-3-9-18-15-10-13(12-20)11-16(19-24(21)22)17(15)23-14-7-5-4-6-8-14/h4-8,10-12,18-19H,2-3,9H2,1H3,(H,21,22)/p-1. The van der Waals surface area contributed by atoms with Crippen molar-refractivity contribution >= 4 is 28.9 Å². The number of anilines is 2. The maximum Gasteiger partial charge on any atom is 0.174 e. The summed E-state index contributed by atoms with van der Waals surface area (Å²) in [5, 5.41) is 3.20. The van der Waals surface area contributed by atoms with Crippen LogP contribution in [0.25, 0.3) is 0 Å². The van der Waals surface area contributed by atoms with E-state index in [4.69, 9.17) is 4.74 Å². The summed E-state index contributed by atoms with van der Waals surface area (Å²) in [4.78, 5) is 11.1. The van der Waals surface area contributed by atoms with Crippen LogP contribution in [0.3, 0.4) is 0 Å². The highest BCUT2D eigenvalue weighted by Crippen LogP contribution is 2.38. The molecular weight excluding hydrogens is 328 g/mol. The van der Waals surface area contributed by atoms with E-state index in [0.717, 1.165) is 12.8 Å². The Morgan fingerprint density at radius 3 is 2.54 bits per heavy atom. The van der Waals surface area contributed by atoms with Gasteiger partial charge in [-0.25, -0.2) is 0 Å². The average molecular weight is 347 g/mol. The quantitative estimate of drug-likeness (QED) is 0.410. The summed E-state index contributed by atoms with van der Waals surface area (Å²) < 4.78 is 30.3. The molecule has 128 valence electrons. The first-order chi connectivity index (χ1) is 11.6. The molecule has 2 aromatic rings. The van der Waals surface area contributed by atoms with Gasteiger partial charge in [0.15, 0.2) is 5.75 Å². The summed E-state index contributed by atoms with van der Waals surface area (Å²) in [7, 11) is 0. The monoisotopic (exact) mass is 347 g/mol. The summed E-state index contributed by atoms with van der Waals surface area (Å²) in [5.74, 6) is 0.890. The van der Waals surface area contributed by atoms with Crippen LogP contribution in [0.2, 0.25) is 0 Å². The van der Waals surface area contributed by atoms with Gasteiger partial charge in [0.2, 0.25) is 0 Å². The van der Waals surface area contributed by atoms with Crippen molar-refractivity contribution in [2.75, 3.05) is 16.6 Å². The second-order valence-corrected chi connectivity index (χ2v) is 5.77. The molecule has 7 heteroatoms. The molecule has 2 rings (SSSR count).